The van der Waals surface area contributed by atoms with Crippen molar-refractivity contribution < 1.29 is 29.4 Å². The Morgan fingerprint density at radius 2 is 1.62 bits per heavy atom. The van der Waals surface area contributed by atoms with E-state index in [2.05, 4.69) is 28.3 Å². The second kappa shape index (κ2) is 11.9. The van der Waals surface area contributed by atoms with E-state index in [1.807, 2.05) is 0 Å². The Hall–Kier alpha value is -2.54. The molecule has 0 radical (unpaired) electrons. The number of aliphatic carboxylic acids is 2. The number of thiol groups is 1. The third-order valence-corrected chi connectivity index (χ3v) is 3.50. The van der Waals surface area contributed by atoms with E-state index in [0.29, 0.717) is 6.42 Å². The molecule has 0 spiro atoms. The lowest BCUT2D eigenvalue weighted by molar-refractivity contribution is -0.147. The molecular formula is C13H24N6O6S. The summed E-state index contributed by atoms with van der Waals surface area (Å²) in [6.07, 6.45) is -0.442. The van der Waals surface area contributed by atoms with Gasteiger partial charge in [0.25, 0.3) is 0 Å². The van der Waals surface area contributed by atoms with Gasteiger partial charge in [0.15, 0.2) is 5.96 Å². The minimum Gasteiger partial charge on any atom is -0.481 e. The molecule has 0 aromatic rings. The van der Waals surface area contributed by atoms with E-state index in [1.165, 1.54) is 0 Å². The largest absolute Gasteiger partial charge is 0.481 e. The van der Waals surface area contributed by atoms with Crippen LogP contribution in [0.1, 0.15) is 19.3 Å². The van der Waals surface area contributed by atoms with Gasteiger partial charge in [0.05, 0.1) is 12.5 Å². The minimum absolute atomic E-state index is 0.0327. The van der Waals surface area contributed by atoms with Crippen LogP contribution in [0.4, 0.5) is 0 Å². The summed E-state index contributed by atoms with van der Waals surface area (Å²) < 4.78 is 0. The van der Waals surface area contributed by atoms with Gasteiger partial charge in [-0.05, 0) is 12.8 Å². The second-order valence-electron chi connectivity index (χ2n) is 5.30. The smallest absolute Gasteiger partial charge is 0.326 e. The minimum atomic E-state index is -1.64. The number of guanidine groups is 1. The maximum atomic E-state index is 12.3. The highest BCUT2D eigenvalue weighted by atomic mass is 32.1. The molecule has 12 nitrogen and oxygen atoms in total. The Morgan fingerprint density at radius 3 is 2.08 bits per heavy atom. The fourth-order valence-electron chi connectivity index (χ4n) is 1.78. The quantitative estimate of drug-likeness (QED) is 0.0724. The number of hydrogen-bond acceptors (Lipinski definition) is 7. The van der Waals surface area contributed by atoms with Crippen molar-refractivity contribution in [3.63, 3.8) is 0 Å². The number of carbonyl (C=O) groups is 4. The molecule has 0 saturated carbocycles. The van der Waals surface area contributed by atoms with Crippen LogP contribution in [0.3, 0.4) is 0 Å². The molecule has 0 aromatic heterocycles. The standard InChI is InChI=1S/C13H24N6O6S/c14-6(5-26)10(22)18-7(2-1-3-17-13(15)16)11(23)19-8(12(24)25)4-9(20)21/h6-8,26H,1-5,14H2,(H,18,22)(H,19,23)(H,20,21)(H,24,25)(H4,15,16,17). The van der Waals surface area contributed by atoms with Crippen LogP contribution in [-0.2, 0) is 19.2 Å². The maximum absolute atomic E-state index is 12.3. The molecule has 3 unspecified atom stereocenters. The number of carbonyl (C=O) groups excluding carboxylic acids is 2. The fraction of sp³-hybridized carbons (Fsp3) is 0.615. The first kappa shape index (κ1) is 23.5. The van der Waals surface area contributed by atoms with Crippen LogP contribution in [0.5, 0.6) is 0 Å². The van der Waals surface area contributed by atoms with Gasteiger partial charge in [0.1, 0.15) is 12.1 Å². The summed E-state index contributed by atoms with van der Waals surface area (Å²) in [4.78, 5) is 49.7. The van der Waals surface area contributed by atoms with Gasteiger partial charge in [0.2, 0.25) is 11.8 Å². The average molecular weight is 392 g/mol. The Labute approximate surface area is 155 Å². The fourth-order valence-corrected chi connectivity index (χ4v) is 1.95. The van der Waals surface area contributed by atoms with Crippen molar-refractivity contribution in [2.75, 3.05) is 12.3 Å². The first-order valence-corrected chi connectivity index (χ1v) is 8.18. The van der Waals surface area contributed by atoms with Crippen LogP contribution in [0.25, 0.3) is 0 Å². The number of aliphatic imine (C=N–C) groups is 1. The molecule has 0 bridgehead atoms. The first-order chi connectivity index (χ1) is 12.1. The molecule has 0 rings (SSSR count). The zero-order valence-electron chi connectivity index (χ0n) is 13.9. The second-order valence-corrected chi connectivity index (χ2v) is 5.66. The molecule has 0 aliphatic rings. The van der Waals surface area contributed by atoms with Crippen molar-refractivity contribution in [3.8, 4) is 0 Å². The van der Waals surface area contributed by atoms with Gasteiger partial charge in [-0.3, -0.25) is 19.4 Å². The van der Waals surface area contributed by atoms with Crippen LogP contribution in [0.2, 0.25) is 0 Å². The topological polar surface area (TPSA) is 223 Å². The number of nitrogens with two attached hydrogens (primary N) is 3. The molecule has 13 heteroatoms. The summed E-state index contributed by atoms with van der Waals surface area (Å²) in [5, 5.41) is 22.2. The average Bonchev–Trinajstić information content (AvgIpc) is 2.54. The van der Waals surface area contributed by atoms with Crippen molar-refractivity contribution in [2.24, 2.45) is 22.2 Å². The highest BCUT2D eigenvalue weighted by Crippen LogP contribution is 2.02. The Morgan fingerprint density at radius 1 is 1.04 bits per heavy atom. The maximum Gasteiger partial charge on any atom is 0.326 e. The van der Waals surface area contributed by atoms with Gasteiger partial charge in [0, 0.05) is 12.3 Å². The van der Waals surface area contributed by atoms with Gasteiger partial charge in [-0.15, -0.1) is 0 Å². The number of rotatable bonds is 12. The van der Waals surface area contributed by atoms with Crippen molar-refractivity contribution in [3.05, 3.63) is 0 Å². The highest BCUT2D eigenvalue weighted by Gasteiger charge is 2.28. The summed E-state index contributed by atoms with van der Waals surface area (Å²) in [6.45, 7) is 0.179. The van der Waals surface area contributed by atoms with Crippen LogP contribution >= 0.6 is 12.6 Å². The molecule has 2 amide bonds. The Kier molecular flexibility index (Phi) is 10.8. The molecule has 0 heterocycles. The molecule has 0 aliphatic heterocycles. The zero-order chi connectivity index (χ0) is 20.3. The first-order valence-electron chi connectivity index (χ1n) is 7.55. The Balaban J connectivity index is 5.05. The Bertz CT molecular complexity index is 553. The lowest BCUT2D eigenvalue weighted by Gasteiger charge is -2.22. The van der Waals surface area contributed by atoms with E-state index in [1.54, 1.807) is 0 Å². The van der Waals surface area contributed by atoms with Crippen LogP contribution in [0.15, 0.2) is 4.99 Å². The molecule has 0 saturated heterocycles. The third-order valence-electron chi connectivity index (χ3n) is 3.11. The third kappa shape index (κ3) is 9.68. The number of nitrogens with one attached hydrogen (secondary N) is 2. The molecule has 26 heavy (non-hydrogen) atoms. The highest BCUT2D eigenvalue weighted by molar-refractivity contribution is 7.80. The monoisotopic (exact) mass is 392 g/mol. The molecule has 0 aromatic carbocycles. The summed E-state index contributed by atoms with van der Waals surface area (Å²) in [5.74, 6) is -4.54. The van der Waals surface area contributed by atoms with E-state index in [0.717, 1.165) is 0 Å². The van der Waals surface area contributed by atoms with Gasteiger partial charge in [-0.2, -0.15) is 12.6 Å². The normalized spacial score (nSPS) is 13.8. The van der Waals surface area contributed by atoms with Crippen LogP contribution < -0.4 is 27.8 Å². The van der Waals surface area contributed by atoms with E-state index in [4.69, 9.17) is 27.4 Å². The summed E-state index contributed by atoms with van der Waals surface area (Å²) in [7, 11) is 0. The number of hydrogen-bond donors (Lipinski definition) is 8. The number of carboxylic acid groups (broad SMARTS) is 2. The molecule has 148 valence electrons. The SMILES string of the molecule is NC(N)=NCCCC(NC(=O)C(N)CS)C(=O)NC(CC(=O)O)C(=O)O. The predicted molar refractivity (Wildman–Crippen MR) is 95.5 cm³/mol. The molecule has 0 fully saturated rings. The molecular weight excluding hydrogens is 368 g/mol. The summed E-state index contributed by atoms with van der Waals surface area (Å²) in [5.41, 5.74) is 15.9. The zero-order valence-corrected chi connectivity index (χ0v) is 14.8. The lowest BCUT2D eigenvalue weighted by atomic mass is 10.1. The van der Waals surface area contributed by atoms with E-state index < -0.39 is 48.3 Å². The van der Waals surface area contributed by atoms with Gasteiger partial charge < -0.3 is 38.0 Å². The predicted octanol–water partition coefficient (Wildman–Crippen LogP) is -3.17. The van der Waals surface area contributed by atoms with Crippen molar-refractivity contribution in [1.29, 1.82) is 0 Å². The van der Waals surface area contributed by atoms with E-state index in [-0.39, 0.29) is 24.7 Å². The molecule has 0 aliphatic carbocycles. The number of nitrogens with zero attached hydrogens (tertiary/aromatic N) is 1. The van der Waals surface area contributed by atoms with Gasteiger partial charge in [-0.25, -0.2) is 4.79 Å². The van der Waals surface area contributed by atoms with Crippen molar-refractivity contribution in [1.82, 2.24) is 10.6 Å². The van der Waals surface area contributed by atoms with Crippen LogP contribution in [-0.4, -0.2) is 70.3 Å². The number of amides is 2. The van der Waals surface area contributed by atoms with Crippen molar-refractivity contribution in [2.45, 2.75) is 37.4 Å². The summed E-state index contributed by atoms with van der Waals surface area (Å²) in [6, 6.07) is -3.76. The number of carboxylic acids is 2. The van der Waals surface area contributed by atoms with Crippen LogP contribution in [0, 0.1) is 0 Å². The summed E-state index contributed by atoms with van der Waals surface area (Å²) >= 11 is 3.88. The van der Waals surface area contributed by atoms with E-state index in [9.17, 15) is 19.2 Å². The van der Waals surface area contributed by atoms with E-state index >= 15 is 0 Å². The van der Waals surface area contributed by atoms with Crippen molar-refractivity contribution >= 4 is 42.3 Å². The lowest BCUT2D eigenvalue weighted by Crippen LogP contribution is -2.55. The molecule has 3 atom stereocenters. The van der Waals surface area contributed by atoms with Gasteiger partial charge in [-0.1, -0.05) is 0 Å². The molecule has 10 N–H and O–H groups in total. The van der Waals surface area contributed by atoms with Gasteiger partial charge >= 0.3 is 11.9 Å².